The number of carbonyl (C=O) groups excluding carboxylic acids is 1. The van der Waals surface area contributed by atoms with Crippen LogP contribution >= 0.6 is 0 Å². The van der Waals surface area contributed by atoms with Gasteiger partial charge in [0, 0.05) is 13.1 Å². The molecule has 6 nitrogen and oxygen atoms in total. The smallest absolute Gasteiger partial charge is 0.410 e. The second-order valence-electron chi connectivity index (χ2n) is 5.41. The van der Waals surface area contributed by atoms with Gasteiger partial charge in [0.1, 0.15) is 11.9 Å². The minimum absolute atomic E-state index is 0.139. The lowest BCUT2D eigenvalue weighted by molar-refractivity contribution is 0.0274. The van der Waals surface area contributed by atoms with E-state index in [1.54, 1.807) is 0 Å². The van der Waals surface area contributed by atoms with E-state index in [-0.39, 0.29) is 11.7 Å². The Morgan fingerprint density at radius 3 is 2.29 bits per heavy atom. The maximum Gasteiger partial charge on any atom is 0.410 e. The van der Waals surface area contributed by atoms with Crippen molar-refractivity contribution in [3.8, 4) is 0 Å². The van der Waals surface area contributed by atoms with Crippen LogP contribution < -0.4 is 5.73 Å². The van der Waals surface area contributed by atoms with Crippen LogP contribution in [0.2, 0.25) is 0 Å². The first-order valence-electron chi connectivity index (χ1n) is 5.73. The molecule has 3 N–H and O–H groups in total. The average molecular weight is 243 g/mol. The number of carbonyl (C=O) groups is 1. The predicted octanol–water partition coefficient (Wildman–Crippen LogP) is 1.24. The second-order valence-corrected chi connectivity index (χ2v) is 5.41. The molecule has 2 atom stereocenters. The van der Waals surface area contributed by atoms with Gasteiger partial charge in [0.05, 0.1) is 0 Å². The van der Waals surface area contributed by atoms with E-state index in [1.807, 2.05) is 25.7 Å². The zero-order valence-electron chi connectivity index (χ0n) is 10.6. The first-order chi connectivity index (χ1) is 7.87. The summed E-state index contributed by atoms with van der Waals surface area (Å²) in [5.41, 5.74) is 4.13. The third-order valence-corrected chi connectivity index (χ3v) is 2.70. The number of hydrogen-bond donors (Lipinski definition) is 2. The summed E-state index contributed by atoms with van der Waals surface area (Å²) < 4.78 is 5.28. The molecule has 17 heavy (non-hydrogen) atoms. The van der Waals surface area contributed by atoms with Crippen molar-refractivity contribution < 1.29 is 14.7 Å². The number of likely N-dealkylation sites (tertiary alicyclic amines) is 1. The fourth-order valence-corrected chi connectivity index (χ4v) is 1.87. The zero-order chi connectivity index (χ0) is 13.1. The molecule has 1 saturated heterocycles. The van der Waals surface area contributed by atoms with Crippen molar-refractivity contribution in [3.05, 3.63) is 0 Å². The number of piperidine rings is 1. The minimum Gasteiger partial charge on any atom is -0.444 e. The average Bonchev–Trinajstić information content (AvgIpc) is 2.84. The third-order valence-electron chi connectivity index (χ3n) is 2.70. The molecule has 0 aromatic heterocycles. The van der Waals surface area contributed by atoms with Gasteiger partial charge in [-0.15, -0.1) is 0 Å². The SMILES string of the molecule is CC(C)(C)OC(=O)N1CC2CC2C1.N/C=N\O. The van der Waals surface area contributed by atoms with Crippen LogP contribution in [0.1, 0.15) is 27.2 Å². The Bertz CT molecular complexity index is 285. The third kappa shape index (κ3) is 4.50. The Hall–Kier alpha value is -1.46. The lowest BCUT2D eigenvalue weighted by Gasteiger charge is -2.25. The monoisotopic (exact) mass is 243 g/mol. The van der Waals surface area contributed by atoms with Crippen LogP contribution in [0.3, 0.4) is 0 Å². The Morgan fingerprint density at radius 1 is 1.47 bits per heavy atom. The second kappa shape index (κ2) is 5.25. The van der Waals surface area contributed by atoms with E-state index in [9.17, 15) is 4.79 Å². The zero-order valence-corrected chi connectivity index (χ0v) is 10.6. The summed E-state index contributed by atoms with van der Waals surface area (Å²) in [6, 6.07) is 0. The van der Waals surface area contributed by atoms with Gasteiger partial charge < -0.3 is 20.6 Å². The van der Waals surface area contributed by atoms with Gasteiger partial charge in [-0.1, -0.05) is 5.16 Å². The van der Waals surface area contributed by atoms with Crippen LogP contribution in [0.25, 0.3) is 0 Å². The van der Waals surface area contributed by atoms with Crippen LogP contribution in [0.5, 0.6) is 0 Å². The molecule has 1 amide bonds. The van der Waals surface area contributed by atoms with Gasteiger partial charge in [-0.25, -0.2) is 4.79 Å². The van der Waals surface area contributed by atoms with E-state index in [4.69, 9.17) is 9.94 Å². The van der Waals surface area contributed by atoms with Crippen LogP contribution in [-0.4, -0.2) is 41.2 Å². The lowest BCUT2D eigenvalue weighted by Crippen LogP contribution is -2.36. The molecular weight excluding hydrogens is 222 g/mol. The van der Waals surface area contributed by atoms with Gasteiger partial charge in [0.15, 0.2) is 0 Å². The van der Waals surface area contributed by atoms with E-state index < -0.39 is 0 Å². The summed E-state index contributed by atoms with van der Waals surface area (Å²) in [6.45, 7) is 7.55. The van der Waals surface area contributed by atoms with Crippen LogP contribution in [-0.2, 0) is 4.74 Å². The Labute approximate surface area is 101 Å². The van der Waals surface area contributed by atoms with E-state index in [0.29, 0.717) is 0 Å². The largest absolute Gasteiger partial charge is 0.444 e. The van der Waals surface area contributed by atoms with Crippen LogP contribution in [0.4, 0.5) is 4.79 Å². The molecule has 0 aromatic rings. The molecule has 98 valence electrons. The summed E-state index contributed by atoms with van der Waals surface area (Å²) in [6.07, 6.45) is 1.99. The molecule has 0 bridgehead atoms. The number of nitrogens with two attached hydrogens (primary N) is 1. The molecule has 1 aliphatic heterocycles. The molecule has 1 saturated carbocycles. The fraction of sp³-hybridized carbons (Fsp3) is 0.818. The number of hydrogen-bond acceptors (Lipinski definition) is 4. The quantitative estimate of drug-likeness (QED) is 0.290. The Morgan fingerprint density at radius 2 is 1.94 bits per heavy atom. The van der Waals surface area contributed by atoms with Gasteiger partial charge in [0.25, 0.3) is 0 Å². The highest BCUT2D eigenvalue weighted by atomic mass is 16.6. The van der Waals surface area contributed by atoms with Gasteiger partial charge >= 0.3 is 6.09 Å². The van der Waals surface area contributed by atoms with Gasteiger partial charge in [-0.05, 0) is 39.0 Å². The van der Waals surface area contributed by atoms with Crippen molar-refractivity contribution in [2.45, 2.75) is 32.8 Å². The summed E-state index contributed by atoms with van der Waals surface area (Å²) in [4.78, 5) is 13.4. The molecule has 0 spiro atoms. The number of nitrogens with zero attached hydrogens (tertiary/aromatic N) is 2. The molecule has 0 radical (unpaired) electrons. The van der Waals surface area contributed by atoms with Crippen molar-refractivity contribution in [3.63, 3.8) is 0 Å². The summed E-state index contributed by atoms with van der Waals surface area (Å²) in [5, 5.41) is 9.71. The summed E-state index contributed by atoms with van der Waals surface area (Å²) in [7, 11) is 0. The molecular formula is C11H21N3O3. The Balaban J connectivity index is 0.000000317. The first-order valence-corrected chi connectivity index (χ1v) is 5.73. The van der Waals surface area contributed by atoms with Crippen LogP contribution in [0.15, 0.2) is 5.16 Å². The van der Waals surface area contributed by atoms with Crippen molar-refractivity contribution in [1.29, 1.82) is 0 Å². The highest BCUT2D eigenvalue weighted by Crippen LogP contribution is 2.45. The first kappa shape index (κ1) is 13.6. The molecule has 1 aliphatic carbocycles. The van der Waals surface area contributed by atoms with Gasteiger partial charge in [-0.2, -0.15) is 0 Å². The fourth-order valence-electron chi connectivity index (χ4n) is 1.87. The summed E-state index contributed by atoms with van der Waals surface area (Å²) >= 11 is 0. The highest BCUT2D eigenvalue weighted by Gasteiger charge is 2.47. The van der Waals surface area contributed by atoms with E-state index >= 15 is 0 Å². The van der Waals surface area contributed by atoms with Gasteiger partial charge in [0.2, 0.25) is 0 Å². The predicted molar refractivity (Wildman–Crippen MR) is 63.9 cm³/mol. The molecule has 2 unspecified atom stereocenters. The topological polar surface area (TPSA) is 88.2 Å². The maximum atomic E-state index is 11.5. The maximum absolute atomic E-state index is 11.5. The number of fused-ring (bicyclic) bond motifs is 1. The highest BCUT2D eigenvalue weighted by molar-refractivity contribution is 5.68. The number of oxime groups is 1. The number of amides is 1. The van der Waals surface area contributed by atoms with Crippen molar-refractivity contribution in [2.24, 2.45) is 22.7 Å². The molecule has 2 fully saturated rings. The van der Waals surface area contributed by atoms with E-state index in [2.05, 4.69) is 10.9 Å². The molecule has 6 heteroatoms. The van der Waals surface area contributed by atoms with Crippen molar-refractivity contribution in [1.82, 2.24) is 4.90 Å². The van der Waals surface area contributed by atoms with Crippen LogP contribution in [0, 0.1) is 11.8 Å². The minimum atomic E-state index is -0.357. The normalized spacial score (nSPS) is 26.2. The molecule has 0 aromatic carbocycles. The number of rotatable bonds is 0. The molecule has 2 rings (SSSR count). The standard InChI is InChI=1S/C10H17NO2.CH4N2O/c1-10(2,3)13-9(12)11-5-7-4-8(7)6-11;2-1-3-4/h7-8H,4-6H2,1-3H3;1,4H,(H2,2,3). The lowest BCUT2D eigenvalue weighted by atomic mass is 10.2. The summed E-state index contributed by atoms with van der Waals surface area (Å²) in [5.74, 6) is 1.57. The molecule has 2 aliphatic rings. The van der Waals surface area contributed by atoms with E-state index in [1.165, 1.54) is 6.42 Å². The van der Waals surface area contributed by atoms with E-state index in [0.717, 1.165) is 31.3 Å². The van der Waals surface area contributed by atoms with Gasteiger partial charge in [-0.3, -0.25) is 0 Å². The number of ether oxygens (including phenoxy) is 1. The van der Waals surface area contributed by atoms with Crippen molar-refractivity contribution in [2.75, 3.05) is 13.1 Å². The van der Waals surface area contributed by atoms with Crippen molar-refractivity contribution >= 4 is 12.4 Å². The molecule has 1 heterocycles. The Kier molecular flexibility index (Phi) is 4.20.